The lowest BCUT2D eigenvalue weighted by molar-refractivity contribution is 0.587. The summed E-state index contributed by atoms with van der Waals surface area (Å²) in [5.74, 6) is -0.240. The van der Waals surface area contributed by atoms with E-state index in [4.69, 9.17) is 23.2 Å². The topological polar surface area (TPSA) is 12.0 Å². The van der Waals surface area contributed by atoms with E-state index < -0.39 is 0 Å². The number of halogens is 4. The number of benzene rings is 2. The molecule has 1 nitrogen and oxygen atoms in total. The van der Waals surface area contributed by atoms with Crippen molar-refractivity contribution >= 4 is 44.8 Å². The molecular formula is C15H13BrCl2FN. The van der Waals surface area contributed by atoms with Crippen LogP contribution >= 0.6 is 39.1 Å². The number of hydrogen-bond donors (Lipinski definition) is 1. The van der Waals surface area contributed by atoms with Crippen molar-refractivity contribution in [2.75, 3.05) is 5.32 Å². The summed E-state index contributed by atoms with van der Waals surface area (Å²) in [6.07, 6.45) is 0.712. The normalized spacial score (nSPS) is 12.2. The molecule has 1 unspecified atom stereocenters. The second kappa shape index (κ2) is 6.79. The fourth-order valence-electron chi connectivity index (χ4n) is 2.01. The van der Waals surface area contributed by atoms with Gasteiger partial charge in [-0.25, -0.2) is 4.39 Å². The lowest BCUT2D eigenvalue weighted by atomic mass is 10.0. The van der Waals surface area contributed by atoms with E-state index in [0.717, 1.165) is 4.47 Å². The molecule has 0 fully saturated rings. The Morgan fingerprint density at radius 3 is 2.35 bits per heavy atom. The third kappa shape index (κ3) is 3.46. The Hall–Kier alpha value is -0.770. The third-order valence-corrected chi connectivity index (χ3v) is 4.07. The quantitative estimate of drug-likeness (QED) is 0.645. The van der Waals surface area contributed by atoms with Gasteiger partial charge in [-0.3, -0.25) is 0 Å². The molecule has 2 aromatic carbocycles. The van der Waals surface area contributed by atoms with Crippen LogP contribution in [0.4, 0.5) is 10.1 Å². The molecule has 0 aliphatic heterocycles. The highest BCUT2D eigenvalue weighted by Crippen LogP contribution is 2.37. The maximum absolute atomic E-state index is 13.9. The van der Waals surface area contributed by atoms with Gasteiger partial charge in [0.05, 0.1) is 21.8 Å². The SMILES string of the molecule is CCC(Nc1c(Cl)cc(Br)cc1Cl)c1ccccc1F. The predicted octanol–water partition coefficient (Wildman–Crippen LogP) is 6.46. The maximum Gasteiger partial charge on any atom is 0.128 e. The summed E-state index contributed by atoms with van der Waals surface area (Å²) in [5, 5.41) is 4.22. The first-order chi connectivity index (χ1) is 9.52. The van der Waals surface area contributed by atoms with Gasteiger partial charge in [0.2, 0.25) is 0 Å². The fraction of sp³-hybridized carbons (Fsp3) is 0.200. The average Bonchev–Trinajstić information content (AvgIpc) is 2.39. The van der Waals surface area contributed by atoms with Crippen LogP contribution in [0.15, 0.2) is 40.9 Å². The zero-order valence-electron chi connectivity index (χ0n) is 10.8. The molecular weight excluding hydrogens is 364 g/mol. The van der Waals surface area contributed by atoms with Crippen molar-refractivity contribution in [3.05, 3.63) is 62.3 Å². The van der Waals surface area contributed by atoms with Crippen LogP contribution in [0.3, 0.4) is 0 Å². The third-order valence-electron chi connectivity index (χ3n) is 3.01. The van der Waals surface area contributed by atoms with Crippen molar-refractivity contribution in [2.45, 2.75) is 19.4 Å². The van der Waals surface area contributed by atoms with E-state index in [1.165, 1.54) is 6.07 Å². The van der Waals surface area contributed by atoms with Gasteiger partial charge in [-0.15, -0.1) is 0 Å². The summed E-state index contributed by atoms with van der Waals surface area (Å²) in [4.78, 5) is 0. The molecule has 0 bridgehead atoms. The van der Waals surface area contributed by atoms with Crippen molar-refractivity contribution in [1.82, 2.24) is 0 Å². The van der Waals surface area contributed by atoms with E-state index >= 15 is 0 Å². The highest BCUT2D eigenvalue weighted by Gasteiger charge is 2.16. The first kappa shape index (κ1) is 15.6. The molecule has 0 heterocycles. The van der Waals surface area contributed by atoms with Crippen LogP contribution in [0.2, 0.25) is 10.0 Å². The minimum atomic E-state index is -0.240. The summed E-state index contributed by atoms with van der Waals surface area (Å²) in [7, 11) is 0. The lowest BCUT2D eigenvalue weighted by Crippen LogP contribution is -2.12. The van der Waals surface area contributed by atoms with Gasteiger partial charge in [0.1, 0.15) is 5.82 Å². The molecule has 2 rings (SSSR count). The molecule has 1 N–H and O–H groups in total. The van der Waals surface area contributed by atoms with E-state index in [1.54, 1.807) is 24.3 Å². The molecule has 0 saturated carbocycles. The van der Waals surface area contributed by atoms with Gasteiger partial charge in [0.25, 0.3) is 0 Å². The predicted molar refractivity (Wildman–Crippen MR) is 87.2 cm³/mol. The van der Waals surface area contributed by atoms with Crippen molar-refractivity contribution in [1.29, 1.82) is 0 Å². The van der Waals surface area contributed by atoms with Gasteiger partial charge >= 0.3 is 0 Å². The van der Waals surface area contributed by atoms with Gasteiger partial charge in [-0.2, -0.15) is 0 Å². The molecule has 0 aliphatic carbocycles. The molecule has 0 amide bonds. The first-order valence-corrected chi connectivity index (χ1v) is 7.73. The van der Waals surface area contributed by atoms with Gasteiger partial charge in [0, 0.05) is 10.0 Å². The molecule has 0 aliphatic rings. The van der Waals surface area contributed by atoms with Crippen molar-refractivity contribution in [2.24, 2.45) is 0 Å². The lowest BCUT2D eigenvalue weighted by Gasteiger charge is -2.21. The highest BCUT2D eigenvalue weighted by atomic mass is 79.9. The smallest absolute Gasteiger partial charge is 0.128 e. The van der Waals surface area contributed by atoms with E-state index in [9.17, 15) is 4.39 Å². The Balaban J connectivity index is 2.35. The Kier molecular flexibility index (Phi) is 5.30. The summed E-state index contributed by atoms with van der Waals surface area (Å²) in [5.41, 5.74) is 1.22. The minimum Gasteiger partial charge on any atom is -0.376 e. The molecule has 2 aromatic rings. The van der Waals surface area contributed by atoms with Gasteiger partial charge in [-0.05, 0) is 24.6 Å². The Bertz CT molecular complexity index is 596. The average molecular weight is 377 g/mol. The summed E-state index contributed by atoms with van der Waals surface area (Å²) >= 11 is 15.7. The zero-order chi connectivity index (χ0) is 14.7. The molecule has 0 spiro atoms. The molecule has 5 heteroatoms. The number of anilines is 1. The van der Waals surface area contributed by atoms with Crippen molar-refractivity contribution < 1.29 is 4.39 Å². The van der Waals surface area contributed by atoms with Crippen molar-refractivity contribution in [3.63, 3.8) is 0 Å². The van der Waals surface area contributed by atoms with Crippen LogP contribution in [0.5, 0.6) is 0 Å². The van der Waals surface area contributed by atoms with Gasteiger partial charge in [0.15, 0.2) is 0 Å². The molecule has 0 saturated heterocycles. The largest absolute Gasteiger partial charge is 0.376 e. The second-order valence-electron chi connectivity index (χ2n) is 4.37. The van der Waals surface area contributed by atoms with Crippen LogP contribution in [-0.2, 0) is 0 Å². The van der Waals surface area contributed by atoms with Crippen LogP contribution in [0.1, 0.15) is 24.9 Å². The number of hydrogen-bond acceptors (Lipinski definition) is 1. The Morgan fingerprint density at radius 2 is 1.80 bits per heavy atom. The first-order valence-electron chi connectivity index (χ1n) is 6.18. The van der Waals surface area contributed by atoms with Crippen molar-refractivity contribution in [3.8, 4) is 0 Å². The second-order valence-corrected chi connectivity index (χ2v) is 6.10. The maximum atomic E-state index is 13.9. The van der Waals surface area contributed by atoms with Crippen LogP contribution in [0.25, 0.3) is 0 Å². The van der Waals surface area contributed by atoms with Gasteiger partial charge < -0.3 is 5.32 Å². The Labute approximate surface area is 136 Å². The van der Waals surface area contributed by atoms with E-state index in [1.807, 2.05) is 13.0 Å². The minimum absolute atomic E-state index is 0.188. The number of nitrogens with one attached hydrogen (secondary N) is 1. The van der Waals surface area contributed by atoms with Crippen LogP contribution in [-0.4, -0.2) is 0 Å². The Morgan fingerprint density at radius 1 is 1.20 bits per heavy atom. The van der Waals surface area contributed by atoms with Crippen LogP contribution < -0.4 is 5.32 Å². The number of rotatable bonds is 4. The van der Waals surface area contributed by atoms with E-state index in [2.05, 4.69) is 21.2 Å². The zero-order valence-corrected chi connectivity index (χ0v) is 13.9. The molecule has 0 aromatic heterocycles. The van der Waals surface area contributed by atoms with Crippen LogP contribution in [0, 0.1) is 5.82 Å². The van der Waals surface area contributed by atoms with Gasteiger partial charge in [-0.1, -0.05) is 64.3 Å². The fourth-order valence-corrected chi connectivity index (χ4v) is 3.33. The van der Waals surface area contributed by atoms with E-state index in [-0.39, 0.29) is 11.9 Å². The summed E-state index contributed by atoms with van der Waals surface area (Å²) in [6.45, 7) is 1.98. The summed E-state index contributed by atoms with van der Waals surface area (Å²) in [6, 6.07) is 10.0. The standard InChI is InChI=1S/C15H13BrCl2FN/c1-2-14(10-5-3-4-6-13(10)19)20-15-11(17)7-9(16)8-12(15)18/h3-8,14,20H,2H2,1H3. The van der Waals surface area contributed by atoms with E-state index in [0.29, 0.717) is 27.7 Å². The molecule has 20 heavy (non-hydrogen) atoms. The summed E-state index contributed by atoms with van der Waals surface area (Å²) < 4.78 is 14.7. The highest BCUT2D eigenvalue weighted by molar-refractivity contribution is 9.10. The molecule has 106 valence electrons. The molecule has 1 atom stereocenters. The monoisotopic (exact) mass is 375 g/mol. The molecule has 0 radical (unpaired) electrons.